The van der Waals surface area contributed by atoms with Crippen LogP contribution in [0.1, 0.15) is 34.6 Å². The van der Waals surface area contributed by atoms with Gasteiger partial charge in [-0.3, -0.25) is 19.2 Å². The van der Waals surface area contributed by atoms with Gasteiger partial charge in [0, 0.05) is 27.7 Å². The molecule has 0 aromatic heterocycles. The zero-order chi connectivity index (χ0) is 19.7. The van der Waals surface area contributed by atoms with Crippen molar-refractivity contribution >= 4 is 47.5 Å². The average Bonchev–Trinajstić information content (AvgIpc) is 2.42. The van der Waals surface area contributed by atoms with Crippen LogP contribution in [-0.4, -0.2) is 57.5 Å². The van der Waals surface area contributed by atoms with Crippen molar-refractivity contribution in [3.05, 3.63) is 0 Å². The van der Waals surface area contributed by atoms with E-state index >= 15 is 0 Å². The van der Waals surface area contributed by atoms with Crippen molar-refractivity contribution in [3.63, 3.8) is 0 Å². The van der Waals surface area contributed by atoms with Gasteiger partial charge in [-0.05, 0) is 6.92 Å². The largest absolute Gasteiger partial charge is 0.368 e. The van der Waals surface area contributed by atoms with E-state index in [0.717, 1.165) is 33.9 Å². The minimum atomic E-state index is -0.611. The Morgan fingerprint density at radius 3 is 1.52 bits per heavy atom. The van der Waals surface area contributed by atoms with Gasteiger partial charge in [-0.15, -0.1) is 0 Å². The van der Waals surface area contributed by atoms with Crippen LogP contribution in [0.2, 0.25) is 0 Å². The first-order valence-electron chi connectivity index (χ1n) is 6.85. The van der Waals surface area contributed by atoms with E-state index in [1.54, 1.807) is 0 Å². The SMILES string of the molecule is CC(=O)N=C(N)N(/N=C\C(C)=N/N(C(C)=O)C(N)=NC(C)=O)C(C)=O. The smallest absolute Gasteiger partial charge is 0.246 e. The number of amides is 4. The van der Waals surface area contributed by atoms with Gasteiger partial charge in [-0.25, -0.2) is 0 Å². The summed E-state index contributed by atoms with van der Waals surface area (Å²) in [5.74, 6) is -3.27. The van der Waals surface area contributed by atoms with Crippen molar-refractivity contribution in [3.8, 4) is 0 Å². The van der Waals surface area contributed by atoms with Gasteiger partial charge in [0.25, 0.3) is 0 Å². The van der Waals surface area contributed by atoms with Crippen LogP contribution in [0, 0.1) is 0 Å². The Morgan fingerprint density at radius 1 is 0.760 bits per heavy atom. The fraction of sp³-hybridized carbons (Fsp3) is 0.385. The van der Waals surface area contributed by atoms with Crippen molar-refractivity contribution < 1.29 is 19.2 Å². The molecule has 4 N–H and O–H groups in total. The summed E-state index contributed by atoms with van der Waals surface area (Å²) in [6, 6.07) is 0. The lowest BCUT2D eigenvalue weighted by Gasteiger charge is -2.14. The highest BCUT2D eigenvalue weighted by atomic mass is 16.2. The van der Waals surface area contributed by atoms with Gasteiger partial charge in [-0.1, -0.05) is 0 Å². The highest BCUT2D eigenvalue weighted by Crippen LogP contribution is 1.95. The summed E-state index contributed by atoms with van der Waals surface area (Å²) in [6.07, 6.45) is 1.08. The molecule has 0 radical (unpaired) electrons. The van der Waals surface area contributed by atoms with Crippen LogP contribution in [0.3, 0.4) is 0 Å². The Bertz CT molecular complexity index is 692. The third-order valence-corrected chi connectivity index (χ3v) is 2.19. The molecule has 0 spiro atoms. The molecule has 25 heavy (non-hydrogen) atoms. The Morgan fingerprint density at radius 2 is 1.16 bits per heavy atom. The molecule has 0 bridgehead atoms. The molecule has 0 saturated heterocycles. The number of aliphatic imine (C=N–C) groups is 2. The zero-order valence-electron chi connectivity index (χ0n) is 14.5. The molecule has 0 saturated carbocycles. The number of nitrogens with zero attached hydrogens (tertiary/aromatic N) is 6. The summed E-state index contributed by atoms with van der Waals surface area (Å²) >= 11 is 0. The van der Waals surface area contributed by atoms with Gasteiger partial charge in [0.05, 0.1) is 11.9 Å². The standard InChI is InChI=1S/C13H20N8O4/c1-7(19-21(11(5)25)13(15)18-9(3)23)6-16-20(10(4)24)12(14)17-8(2)22/h6H,1-5H3,(H2,14,17,22)(H2,15,18,23)/b16-6-,19-7-. The maximum atomic E-state index is 11.5. The van der Waals surface area contributed by atoms with Crippen LogP contribution in [0.25, 0.3) is 0 Å². The molecule has 0 heterocycles. The summed E-state index contributed by atoms with van der Waals surface area (Å²) in [5, 5.41) is 8.94. The fourth-order valence-corrected chi connectivity index (χ4v) is 1.33. The molecule has 0 atom stereocenters. The first-order chi connectivity index (χ1) is 11.5. The van der Waals surface area contributed by atoms with Crippen LogP contribution < -0.4 is 11.5 Å². The van der Waals surface area contributed by atoms with Crippen molar-refractivity contribution in [2.24, 2.45) is 31.7 Å². The van der Waals surface area contributed by atoms with Crippen molar-refractivity contribution in [1.29, 1.82) is 0 Å². The summed E-state index contributed by atoms with van der Waals surface area (Å²) in [4.78, 5) is 51.7. The number of guanidine groups is 2. The number of nitrogens with two attached hydrogens (primary N) is 2. The predicted molar refractivity (Wildman–Crippen MR) is 91.2 cm³/mol. The maximum Gasteiger partial charge on any atom is 0.246 e. The van der Waals surface area contributed by atoms with Crippen LogP contribution >= 0.6 is 0 Å². The normalized spacial score (nSPS) is 12.9. The second kappa shape index (κ2) is 9.64. The van der Waals surface area contributed by atoms with Gasteiger partial charge in [-0.2, -0.15) is 30.2 Å². The van der Waals surface area contributed by atoms with Gasteiger partial charge in [0.1, 0.15) is 0 Å². The Labute approximate surface area is 143 Å². The molecular weight excluding hydrogens is 332 g/mol. The van der Waals surface area contributed by atoms with Gasteiger partial charge in [0.15, 0.2) is 0 Å². The molecular formula is C13H20N8O4. The molecule has 0 rings (SSSR count). The number of carbonyl (C=O) groups is 4. The molecule has 12 heteroatoms. The minimum Gasteiger partial charge on any atom is -0.368 e. The molecule has 0 aliphatic carbocycles. The van der Waals surface area contributed by atoms with Crippen LogP contribution in [0.4, 0.5) is 0 Å². The summed E-state index contributed by atoms with van der Waals surface area (Å²) < 4.78 is 0. The van der Waals surface area contributed by atoms with Gasteiger partial charge < -0.3 is 11.5 Å². The highest BCUT2D eigenvalue weighted by molar-refractivity contribution is 6.30. The summed E-state index contributed by atoms with van der Waals surface area (Å²) in [7, 11) is 0. The van der Waals surface area contributed by atoms with Crippen molar-refractivity contribution in [1.82, 2.24) is 10.0 Å². The Hall–Kier alpha value is -3.44. The quantitative estimate of drug-likeness (QED) is 0.365. The lowest BCUT2D eigenvalue weighted by molar-refractivity contribution is -0.126. The molecule has 136 valence electrons. The van der Waals surface area contributed by atoms with Gasteiger partial charge >= 0.3 is 0 Å². The Kier molecular flexibility index (Phi) is 8.32. The predicted octanol–water partition coefficient (Wildman–Crippen LogP) is -1.23. The maximum absolute atomic E-state index is 11.5. The third kappa shape index (κ3) is 8.11. The lowest BCUT2D eigenvalue weighted by Crippen LogP contribution is -2.39. The molecule has 4 amide bonds. The number of carbonyl (C=O) groups excluding carboxylic acids is 4. The second-order valence-electron chi connectivity index (χ2n) is 4.63. The average molecular weight is 352 g/mol. The van der Waals surface area contributed by atoms with E-state index in [-0.39, 0.29) is 5.71 Å². The molecule has 0 aromatic rings. The van der Waals surface area contributed by atoms with E-state index in [1.165, 1.54) is 6.92 Å². The summed E-state index contributed by atoms with van der Waals surface area (Å²) in [5.41, 5.74) is 11.1. The van der Waals surface area contributed by atoms with E-state index in [2.05, 4.69) is 20.2 Å². The van der Waals surface area contributed by atoms with Crippen molar-refractivity contribution in [2.45, 2.75) is 34.6 Å². The van der Waals surface area contributed by atoms with E-state index in [1.807, 2.05) is 0 Å². The lowest BCUT2D eigenvalue weighted by atomic mass is 10.5. The number of rotatable bonds is 3. The third-order valence-electron chi connectivity index (χ3n) is 2.19. The number of hydrogen-bond donors (Lipinski definition) is 2. The number of hydrazone groups is 2. The molecule has 12 nitrogen and oxygen atoms in total. The summed E-state index contributed by atoms with van der Waals surface area (Å²) in [6.45, 7) is 6.08. The molecule has 0 aromatic carbocycles. The van der Waals surface area contributed by atoms with E-state index in [0.29, 0.717) is 10.0 Å². The number of hydrogen-bond acceptors (Lipinski definition) is 6. The minimum absolute atomic E-state index is 0.124. The molecule has 0 fully saturated rings. The second-order valence-corrected chi connectivity index (χ2v) is 4.63. The first kappa shape index (κ1) is 21.6. The topological polar surface area (TPSA) is 176 Å². The fourth-order valence-electron chi connectivity index (χ4n) is 1.33. The van der Waals surface area contributed by atoms with Crippen LogP contribution in [0.5, 0.6) is 0 Å². The first-order valence-corrected chi connectivity index (χ1v) is 6.85. The molecule has 0 aliphatic heterocycles. The monoisotopic (exact) mass is 352 g/mol. The van der Waals surface area contributed by atoms with E-state index in [9.17, 15) is 19.2 Å². The Balaban J connectivity index is 5.59. The zero-order valence-corrected chi connectivity index (χ0v) is 14.5. The van der Waals surface area contributed by atoms with Crippen LogP contribution in [0.15, 0.2) is 20.2 Å². The van der Waals surface area contributed by atoms with Crippen molar-refractivity contribution in [2.75, 3.05) is 0 Å². The van der Waals surface area contributed by atoms with E-state index in [4.69, 9.17) is 11.5 Å². The van der Waals surface area contributed by atoms with E-state index < -0.39 is 35.5 Å². The molecule has 0 aliphatic rings. The van der Waals surface area contributed by atoms with Crippen LogP contribution in [-0.2, 0) is 19.2 Å². The highest BCUT2D eigenvalue weighted by Gasteiger charge is 2.14. The molecule has 0 unspecified atom stereocenters. The van der Waals surface area contributed by atoms with Gasteiger partial charge in [0.2, 0.25) is 35.5 Å².